The molecule has 30 heavy (non-hydrogen) atoms. The lowest BCUT2D eigenvalue weighted by Gasteiger charge is -2.24. The van der Waals surface area contributed by atoms with Crippen molar-refractivity contribution in [2.24, 2.45) is 0 Å². The molecule has 0 saturated heterocycles. The molecule has 0 amide bonds. The molecular weight excluding hydrogens is 400 g/mol. The Morgan fingerprint density at radius 1 is 1.23 bits per heavy atom. The Morgan fingerprint density at radius 3 is 2.77 bits per heavy atom. The number of methoxy groups -OCH3 is 1. The minimum absolute atomic E-state index is 0.483. The van der Waals surface area contributed by atoms with Crippen LogP contribution in [0.15, 0.2) is 36.5 Å². The van der Waals surface area contributed by atoms with E-state index in [2.05, 4.69) is 39.7 Å². The van der Waals surface area contributed by atoms with Crippen LogP contribution >= 0.6 is 11.6 Å². The number of hydrogen-bond donors (Lipinski definition) is 2. The van der Waals surface area contributed by atoms with Crippen molar-refractivity contribution in [3.63, 3.8) is 0 Å². The summed E-state index contributed by atoms with van der Waals surface area (Å²) in [6, 6.07) is 10.5. The molecule has 0 atom stereocenters. The van der Waals surface area contributed by atoms with Crippen molar-refractivity contribution in [1.29, 1.82) is 0 Å². The number of nitrogens with one attached hydrogen (secondary N) is 2. The molecule has 7 nitrogen and oxygen atoms in total. The topological polar surface area (TPSA) is 67.2 Å². The molecule has 0 spiro atoms. The number of anilines is 2. The number of rotatable bonds is 6. The number of halogens is 1. The van der Waals surface area contributed by atoms with E-state index in [-0.39, 0.29) is 0 Å². The van der Waals surface area contributed by atoms with Crippen LogP contribution in [0.1, 0.15) is 24.0 Å². The number of pyridine rings is 1. The van der Waals surface area contributed by atoms with Gasteiger partial charge in [-0.2, -0.15) is 5.10 Å². The van der Waals surface area contributed by atoms with Gasteiger partial charge in [-0.1, -0.05) is 23.7 Å². The van der Waals surface area contributed by atoms with Gasteiger partial charge in [0.25, 0.3) is 0 Å². The molecule has 3 aromatic rings. The van der Waals surface area contributed by atoms with Crippen LogP contribution in [0.25, 0.3) is 11.3 Å². The van der Waals surface area contributed by atoms with Crippen molar-refractivity contribution in [3.05, 3.63) is 52.7 Å². The molecule has 8 heteroatoms. The van der Waals surface area contributed by atoms with E-state index < -0.39 is 0 Å². The van der Waals surface area contributed by atoms with Crippen molar-refractivity contribution >= 4 is 23.2 Å². The quantitative estimate of drug-likeness (QED) is 0.622. The standard InChI is InChI=1S/C22H25ClN6O/c1-28-12-18-20(17-9-10-24-22(19(17)23)26-15-5-6-15)29(27-21(18)25-13-28)11-14-3-7-16(30-2)8-4-14/h3-4,7-10,15H,5-6,11-13H2,1-2H3,(H,24,26)(H,25,27). The largest absolute Gasteiger partial charge is 0.497 e. The molecule has 2 aromatic heterocycles. The van der Waals surface area contributed by atoms with Crippen molar-refractivity contribution in [3.8, 4) is 17.0 Å². The smallest absolute Gasteiger partial charge is 0.154 e. The second kappa shape index (κ2) is 7.81. The molecular formula is C22H25ClN6O. The van der Waals surface area contributed by atoms with E-state index in [1.807, 2.05) is 29.1 Å². The van der Waals surface area contributed by atoms with Gasteiger partial charge in [0.05, 0.1) is 31.0 Å². The van der Waals surface area contributed by atoms with E-state index >= 15 is 0 Å². The van der Waals surface area contributed by atoms with E-state index in [9.17, 15) is 0 Å². The third-order valence-electron chi connectivity index (χ3n) is 5.55. The predicted molar refractivity (Wildman–Crippen MR) is 119 cm³/mol. The lowest BCUT2D eigenvalue weighted by molar-refractivity contribution is 0.340. The fraction of sp³-hybridized carbons (Fsp3) is 0.364. The van der Waals surface area contributed by atoms with E-state index in [0.29, 0.717) is 17.6 Å². The van der Waals surface area contributed by atoms with Gasteiger partial charge >= 0.3 is 0 Å². The SMILES string of the molecule is COc1ccc(Cn2nc3c(c2-c2ccnc(NC4CC4)c2Cl)CN(C)CN3)cc1. The van der Waals surface area contributed by atoms with Gasteiger partial charge in [0.15, 0.2) is 5.82 Å². The second-order valence-electron chi connectivity index (χ2n) is 7.97. The highest BCUT2D eigenvalue weighted by atomic mass is 35.5. The average molecular weight is 425 g/mol. The van der Waals surface area contributed by atoms with Crippen LogP contribution in [-0.2, 0) is 13.1 Å². The number of aromatic nitrogens is 3. The molecule has 156 valence electrons. The Hall–Kier alpha value is -2.77. The zero-order valence-corrected chi connectivity index (χ0v) is 17.9. The molecule has 0 bridgehead atoms. The lowest BCUT2D eigenvalue weighted by Crippen LogP contribution is -2.29. The fourth-order valence-electron chi connectivity index (χ4n) is 3.79. The molecule has 5 rings (SSSR count). The highest BCUT2D eigenvalue weighted by molar-refractivity contribution is 6.35. The maximum absolute atomic E-state index is 6.85. The van der Waals surface area contributed by atoms with E-state index in [1.165, 1.54) is 12.8 Å². The van der Waals surface area contributed by atoms with Crippen LogP contribution in [0.5, 0.6) is 5.75 Å². The fourth-order valence-corrected chi connectivity index (χ4v) is 4.05. The van der Waals surface area contributed by atoms with Crippen LogP contribution in [0.3, 0.4) is 0 Å². The number of nitrogens with zero attached hydrogens (tertiary/aromatic N) is 4. The van der Waals surface area contributed by atoms with Crippen molar-refractivity contribution in [2.45, 2.75) is 32.0 Å². The molecule has 1 aliphatic heterocycles. The summed E-state index contributed by atoms with van der Waals surface area (Å²) in [5.74, 6) is 2.51. The van der Waals surface area contributed by atoms with Crippen LogP contribution in [0, 0.1) is 0 Å². The van der Waals surface area contributed by atoms with Gasteiger partial charge in [-0.25, -0.2) is 4.98 Å². The average Bonchev–Trinajstić information content (AvgIpc) is 3.50. The summed E-state index contributed by atoms with van der Waals surface area (Å²) in [5.41, 5.74) is 4.29. The van der Waals surface area contributed by atoms with E-state index in [4.69, 9.17) is 21.4 Å². The third kappa shape index (κ3) is 3.70. The summed E-state index contributed by atoms with van der Waals surface area (Å²) < 4.78 is 7.33. The molecule has 2 N–H and O–H groups in total. The Morgan fingerprint density at radius 2 is 2.03 bits per heavy atom. The molecule has 0 unspecified atom stereocenters. The predicted octanol–water partition coefficient (Wildman–Crippen LogP) is 4.04. The van der Waals surface area contributed by atoms with Crippen LogP contribution in [0.2, 0.25) is 5.02 Å². The monoisotopic (exact) mass is 424 g/mol. The second-order valence-corrected chi connectivity index (χ2v) is 8.35. The summed E-state index contributed by atoms with van der Waals surface area (Å²) in [4.78, 5) is 6.70. The highest BCUT2D eigenvalue weighted by Crippen LogP contribution is 2.39. The van der Waals surface area contributed by atoms with Crippen LogP contribution in [0.4, 0.5) is 11.6 Å². The first-order chi connectivity index (χ1) is 14.6. The molecule has 1 saturated carbocycles. The van der Waals surface area contributed by atoms with Gasteiger partial charge in [-0.15, -0.1) is 0 Å². The molecule has 0 radical (unpaired) electrons. The maximum atomic E-state index is 6.85. The molecule has 1 aliphatic carbocycles. The molecule has 2 aliphatic rings. The van der Waals surface area contributed by atoms with Gasteiger partial charge in [-0.05, 0) is 43.7 Å². The first-order valence-corrected chi connectivity index (χ1v) is 10.6. The number of ether oxygens (including phenoxy) is 1. The minimum atomic E-state index is 0.483. The number of hydrogen-bond acceptors (Lipinski definition) is 6. The maximum Gasteiger partial charge on any atom is 0.154 e. The van der Waals surface area contributed by atoms with Gasteiger partial charge in [0, 0.05) is 29.9 Å². The van der Waals surface area contributed by atoms with E-state index in [0.717, 1.165) is 53.0 Å². The van der Waals surface area contributed by atoms with Crippen molar-refractivity contribution in [1.82, 2.24) is 19.7 Å². The van der Waals surface area contributed by atoms with Gasteiger partial charge < -0.3 is 15.4 Å². The van der Waals surface area contributed by atoms with Crippen molar-refractivity contribution in [2.75, 3.05) is 31.5 Å². The first-order valence-electron chi connectivity index (χ1n) is 10.2. The summed E-state index contributed by atoms with van der Waals surface area (Å²) in [5, 5.41) is 12.4. The number of benzene rings is 1. The Bertz CT molecular complexity index is 1060. The Labute approximate surface area is 181 Å². The zero-order valence-electron chi connectivity index (χ0n) is 17.2. The Kier molecular flexibility index (Phi) is 5.00. The lowest BCUT2D eigenvalue weighted by atomic mass is 10.1. The third-order valence-corrected chi connectivity index (χ3v) is 5.93. The van der Waals surface area contributed by atoms with Crippen LogP contribution < -0.4 is 15.4 Å². The molecule has 1 aromatic carbocycles. The van der Waals surface area contributed by atoms with Gasteiger partial charge in [0.2, 0.25) is 0 Å². The van der Waals surface area contributed by atoms with Gasteiger partial charge in [-0.3, -0.25) is 9.58 Å². The summed E-state index contributed by atoms with van der Waals surface area (Å²) >= 11 is 6.85. The summed E-state index contributed by atoms with van der Waals surface area (Å²) in [6.45, 7) is 2.22. The molecule has 3 heterocycles. The highest BCUT2D eigenvalue weighted by Gasteiger charge is 2.28. The van der Waals surface area contributed by atoms with Gasteiger partial charge in [0.1, 0.15) is 11.6 Å². The number of fused-ring (bicyclic) bond motifs is 1. The van der Waals surface area contributed by atoms with Crippen LogP contribution in [-0.4, -0.2) is 46.5 Å². The summed E-state index contributed by atoms with van der Waals surface area (Å²) in [7, 11) is 3.77. The molecule has 1 fully saturated rings. The Balaban J connectivity index is 1.58. The normalized spacial score (nSPS) is 16.1. The minimum Gasteiger partial charge on any atom is -0.497 e. The summed E-state index contributed by atoms with van der Waals surface area (Å²) in [6.07, 6.45) is 4.16. The zero-order chi connectivity index (χ0) is 20.7. The van der Waals surface area contributed by atoms with E-state index in [1.54, 1.807) is 7.11 Å². The first kappa shape index (κ1) is 19.2. The van der Waals surface area contributed by atoms with Crippen molar-refractivity contribution < 1.29 is 4.74 Å².